The first kappa shape index (κ1) is 12.1. The minimum Gasteiger partial charge on any atom is -0.353 e. The lowest BCUT2D eigenvalue weighted by Gasteiger charge is -2.03. The van der Waals surface area contributed by atoms with Crippen LogP contribution in [0.5, 0.6) is 0 Å². The Morgan fingerprint density at radius 3 is 2.94 bits per heavy atom. The summed E-state index contributed by atoms with van der Waals surface area (Å²) in [4.78, 5) is 10.8. The van der Waals surface area contributed by atoms with Crippen molar-refractivity contribution < 1.29 is 4.79 Å². The van der Waals surface area contributed by atoms with Gasteiger partial charge in [-0.15, -0.1) is 0 Å². The molecule has 92 valence electrons. The maximum Gasteiger partial charge on any atom is 0.217 e. The molecule has 0 atom stereocenters. The Morgan fingerprint density at radius 2 is 2.22 bits per heavy atom. The molecule has 0 radical (unpaired) electrons. The fraction of sp³-hybridized carbons (Fsp3) is 0.143. The van der Waals surface area contributed by atoms with E-state index in [-0.39, 0.29) is 5.91 Å². The van der Waals surface area contributed by atoms with E-state index >= 15 is 0 Å². The number of hydrogen-bond acceptors (Lipinski definition) is 2. The molecule has 0 saturated carbocycles. The molecule has 0 fully saturated rings. The molecule has 0 spiro atoms. The van der Waals surface area contributed by atoms with Crippen LogP contribution in [0.3, 0.4) is 0 Å². The molecule has 0 bridgehead atoms. The number of aromatic amines is 1. The highest BCUT2D eigenvalue weighted by Crippen LogP contribution is 2.22. The number of hydrogen-bond donors (Lipinski definition) is 2. The number of H-pyrrole nitrogens is 1. The Kier molecular flexibility index (Phi) is 3.91. The van der Waals surface area contributed by atoms with Crippen molar-refractivity contribution in [2.24, 2.45) is 0 Å². The highest BCUT2D eigenvalue weighted by atomic mass is 16.1. The van der Waals surface area contributed by atoms with E-state index in [0.29, 0.717) is 6.54 Å². The first-order valence-electron chi connectivity index (χ1n) is 5.77. The lowest BCUT2D eigenvalue weighted by Crippen LogP contribution is -2.19. The number of nitrogens with one attached hydrogen (secondary N) is 2. The summed E-state index contributed by atoms with van der Waals surface area (Å²) in [6.07, 6.45) is 5.65. The van der Waals surface area contributed by atoms with E-state index < -0.39 is 0 Å². The monoisotopic (exact) mass is 241 g/mol. The van der Waals surface area contributed by atoms with Gasteiger partial charge in [0, 0.05) is 25.2 Å². The minimum absolute atomic E-state index is 0.0264. The van der Waals surface area contributed by atoms with Crippen molar-refractivity contribution >= 4 is 12.0 Å². The molecule has 0 saturated heterocycles. The first-order chi connectivity index (χ1) is 8.77. The summed E-state index contributed by atoms with van der Waals surface area (Å²) in [5.74, 6) is -0.0264. The van der Waals surface area contributed by atoms with Gasteiger partial charge in [0.25, 0.3) is 0 Å². The van der Waals surface area contributed by atoms with Crippen LogP contribution in [-0.4, -0.2) is 22.6 Å². The Bertz CT molecular complexity index is 544. The predicted molar refractivity (Wildman–Crippen MR) is 71.7 cm³/mol. The Morgan fingerprint density at radius 1 is 1.39 bits per heavy atom. The molecule has 0 aliphatic heterocycles. The van der Waals surface area contributed by atoms with Gasteiger partial charge in [0.1, 0.15) is 0 Å². The van der Waals surface area contributed by atoms with Crippen LogP contribution < -0.4 is 5.32 Å². The number of carbonyl (C=O) groups excluding carboxylic acids is 1. The summed E-state index contributed by atoms with van der Waals surface area (Å²) in [5, 5.41) is 9.63. The van der Waals surface area contributed by atoms with E-state index in [4.69, 9.17) is 0 Å². The van der Waals surface area contributed by atoms with Gasteiger partial charge in [-0.05, 0) is 11.6 Å². The average molecular weight is 241 g/mol. The molecule has 2 rings (SSSR count). The zero-order valence-corrected chi connectivity index (χ0v) is 10.2. The van der Waals surface area contributed by atoms with Crippen LogP contribution in [0.4, 0.5) is 0 Å². The second kappa shape index (κ2) is 5.82. The summed E-state index contributed by atoms with van der Waals surface area (Å²) >= 11 is 0. The Labute approximate surface area is 106 Å². The van der Waals surface area contributed by atoms with Crippen LogP contribution >= 0.6 is 0 Å². The fourth-order valence-corrected chi connectivity index (χ4v) is 1.68. The molecule has 1 aromatic carbocycles. The average Bonchev–Trinajstić information content (AvgIpc) is 2.88. The highest BCUT2D eigenvalue weighted by Gasteiger charge is 2.02. The third-order valence-electron chi connectivity index (χ3n) is 2.52. The normalized spacial score (nSPS) is 10.7. The van der Waals surface area contributed by atoms with Crippen molar-refractivity contribution in [3.8, 4) is 11.3 Å². The number of rotatable bonds is 4. The molecule has 1 aromatic heterocycles. The standard InChI is InChI=1S/C14H15N3O/c1-11(18)15-9-4-6-12-5-2-3-7-13(12)14-8-10-16-17-14/h2-8,10H,9H2,1H3,(H,15,18)(H,16,17). The van der Waals surface area contributed by atoms with Crippen LogP contribution in [0.15, 0.2) is 42.6 Å². The van der Waals surface area contributed by atoms with Crippen molar-refractivity contribution in [3.63, 3.8) is 0 Å². The topological polar surface area (TPSA) is 57.8 Å². The molecule has 4 nitrogen and oxygen atoms in total. The summed E-state index contributed by atoms with van der Waals surface area (Å²) in [7, 11) is 0. The quantitative estimate of drug-likeness (QED) is 0.862. The smallest absolute Gasteiger partial charge is 0.217 e. The van der Waals surface area contributed by atoms with Crippen LogP contribution in [0.2, 0.25) is 0 Å². The lowest BCUT2D eigenvalue weighted by atomic mass is 10.0. The van der Waals surface area contributed by atoms with Crippen LogP contribution in [-0.2, 0) is 4.79 Å². The molecule has 18 heavy (non-hydrogen) atoms. The molecule has 0 unspecified atom stereocenters. The molecule has 0 aliphatic carbocycles. The Balaban J connectivity index is 2.16. The molecular weight excluding hydrogens is 226 g/mol. The van der Waals surface area contributed by atoms with E-state index in [0.717, 1.165) is 16.8 Å². The third-order valence-corrected chi connectivity index (χ3v) is 2.52. The summed E-state index contributed by atoms with van der Waals surface area (Å²) in [5.41, 5.74) is 3.16. The number of nitrogens with zero attached hydrogens (tertiary/aromatic N) is 1. The minimum atomic E-state index is -0.0264. The van der Waals surface area contributed by atoms with Gasteiger partial charge >= 0.3 is 0 Å². The van der Waals surface area contributed by atoms with Gasteiger partial charge in [0.15, 0.2) is 0 Å². The second-order valence-corrected chi connectivity index (χ2v) is 3.90. The van der Waals surface area contributed by atoms with Gasteiger partial charge in [0.2, 0.25) is 5.91 Å². The van der Waals surface area contributed by atoms with E-state index in [9.17, 15) is 4.79 Å². The first-order valence-corrected chi connectivity index (χ1v) is 5.77. The summed E-state index contributed by atoms with van der Waals surface area (Å²) in [6.45, 7) is 2.04. The number of carbonyl (C=O) groups is 1. The number of benzene rings is 1. The molecule has 2 N–H and O–H groups in total. The fourth-order valence-electron chi connectivity index (χ4n) is 1.68. The molecule has 0 aliphatic rings. The zero-order chi connectivity index (χ0) is 12.8. The SMILES string of the molecule is CC(=O)NCC=Cc1ccccc1-c1ccn[nH]1. The van der Waals surface area contributed by atoms with Crippen molar-refractivity contribution in [2.75, 3.05) is 6.54 Å². The molecular formula is C14H15N3O. The van der Waals surface area contributed by atoms with Crippen molar-refractivity contribution in [1.29, 1.82) is 0 Å². The molecule has 1 amide bonds. The summed E-state index contributed by atoms with van der Waals surface area (Å²) in [6, 6.07) is 9.96. The predicted octanol–water partition coefficient (Wildman–Crippen LogP) is 2.23. The number of amides is 1. The third kappa shape index (κ3) is 3.07. The largest absolute Gasteiger partial charge is 0.353 e. The molecule has 2 aromatic rings. The van der Waals surface area contributed by atoms with Gasteiger partial charge in [-0.1, -0.05) is 36.4 Å². The zero-order valence-electron chi connectivity index (χ0n) is 10.2. The van der Waals surface area contributed by atoms with Crippen LogP contribution in [0.25, 0.3) is 17.3 Å². The summed E-state index contributed by atoms with van der Waals surface area (Å²) < 4.78 is 0. The van der Waals surface area contributed by atoms with Gasteiger partial charge < -0.3 is 5.32 Å². The Hall–Kier alpha value is -2.36. The molecule has 4 heteroatoms. The van der Waals surface area contributed by atoms with Crippen molar-refractivity contribution in [1.82, 2.24) is 15.5 Å². The van der Waals surface area contributed by atoms with Gasteiger partial charge in [-0.3, -0.25) is 9.89 Å². The number of aromatic nitrogens is 2. The van der Waals surface area contributed by atoms with Crippen LogP contribution in [0.1, 0.15) is 12.5 Å². The lowest BCUT2D eigenvalue weighted by molar-refractivity contribution is -0.118. The van der Waals surface area contributed by atoms with E-state index in [1.54, 1.807) is 6.20 Å². The van der Waals surface area contributed by atoms with E-state index in [1.807, 2.05) is 42.5 Å². The van der Waals surface area contributed by atoms with Crippen LogP contribution in [0, 0.1) is 0 Å². The highest BCUT2D eigenvalue weighted by molar-refractivity contribution is 5.74. The van der Waals surface area contributed by atoms with Gasteiger partial charge in [0.05, 0.1) is 5.69 Å². The van der Waals surface area contributed by atoms with Crippen molar-refractivity contribution in [3.05, 3.63) is 48.2 Å². The van der Waals surface area contributed by atoms with Crippen molar-refractivity contribution in [2.45, 2.75) is 6.92 Å². The van der Waals surface area contributed by atoms with Gasteiger partial charge in [-0.25, -0.2) is 0 Å². The maximum atomic E-state index is 10.8. The maximum absolute atomic E-state index is 10.8. The second-order valence-electron chi connectivity index (χ2n) is 3.90. The molecule has 1 heterocycles. The van der Waals surface area contributed by atoms with Gasteiger partial charge in [-0.2, -0.15) is 5.10 Å². The van der Waals surface area contributed by atoms with E-state index in [2.05, 4.69) is 15.5 Å². The van der Waals surface area contributed by atoms with E-state index in [1.165, 1.54) is 6.92 Å².